The zero-order valence-corrected chi connectivity index (χ0v) is 18.4. The number of likely N-dealkylation sites (N-methyl/N-ethyl adjacent to an activating group) is 1. The van der Waals surface area contributed by atoms with Crippen LogP contribution in [-0.2, 0) is 10.2 Å². The molecule has 1 amide bonds. The van der Waals surface area contributed by atoms with Crippen molar-refractivity contribution in [1.82, 2.24) is 9.88 Å². The van der Waals surface area contributed by atoms with Gasteiger partial charge < -0.3 is 4.90 Å². The molecule has 1 aliphatic carbocycles. The lowest BCUT2D eigenvalue weighted by Gasteiger charge is -2.35. The predicted molar refractivity (Wildman–Crippen MR) is 121 cm³/mol. The van der Waals surface area contributed by atoms with Crippen LogP contribution in [0.15, 0.2) is 49.1 Å². The first-order chi connectivity index (χ1) is 13.8. The maximum atomic E-state index is 13.4. The number of hydrogen-bond donors (Lipinski definition) is 0. The Labute approximate surface area is 176 Å². The molecular formula is C25H35N3O. The van der Waals surface area contributed by atoms with Crippen LogP contribution >= 0.6 is 0 Å². The molecule has 1 saturated carbocycles. The van der Waals surface area contributed by atoms with Crippen LogP contribution in [0.5, 0.6) is 0 Å². The minimum absolute atomic E-state index is 0.0903. The van der Waals surface area contributed by atoms with Crippen LogP contribution in [0.2, 0.25) is 0 Å². The number of carbonyl (C=O) groups is 1. The van der Waals surface area contributed by atoms with Gasteiger partial charge in [0.1, 0.15) is 0 Å². The molecule has 29 heavy (non-hydrogen) atoms. The maximum Gasteiger partial charge on any atom is 0.230 e. The molecule has 2 heterocycles. The van der Waals surface area contributed by atoms with E-state index in [1.807, 2.05) is 36.1 Å². The number of carbonyl (C=O) groups excluding carboxylic acids is 1. The van der Waals surface area contributed by atoms with Gasteiger partial charge in [-0.2, -0.15) is 0 Å². The third-order valence-corrected chi connectivity index (χ3v) is 6.46. The number of pyridine rings is 1. The Balaban J connectivity index is 1.63. The van der Waals surface area contributed by atoms with Crippen molar-refractivity contribution in [2.45, 2.75) is 57.9 Å². The molecule has 0 radical (unpaired) electrons. The Bertz CT molecular complexity index is 815. The SMILES string of the molecule is C=C/C=C(\C=C)CN(C)C1CCC(C(=O)N2CC(C)(C)c3nc(C)ccc32)CC1. The lowest BCUT2D eigenvalue weighted by atomic mass is 9.84. The Hall–Kier alpha value is -2.20. The third-order valence-electron chi connectivity index (χ3n) is 6.46. The first kappa shape index (κ1) is 21.5. The van der Waals surface area contributed by atoms with Gasteiger partial charge in [-0.15, -0.1) is 0 Å². The molecule has 0 unspecified atom stereocenters. The molecule has 1 aromatic rings. The first-order valence-corrected chi connectivity index (χ1v) is 10.7. The molecule has 4 heteroatoms. The Kier molecular flexibility index (Phi) is 6.42. The van der Waals surface area contributed by atoms with Crippen molar-refractivity contribution in [3.8, 4) is 0 Å². The predicted octanol–water partition coefficient (Wildman–Crippen LogP) is 4.80. The number of aryl methyl sites for hydroxylation is 1. The van der Waals surface area contributed by atoms with Crippen molar-refractivity contribution in [3.63, 3.8) is 0 Å². The van der Waals surface area contributed by atoms with Crippen molar-refractivity contribution >= 4 is 11.6 Å². The molecule has 2 aliphatic rings. The third kappa shape index (κ3) is 4.53. The molecule has 1 fully saturated rings. The maximum absolute atomic E-state index is 13.4. The van der Waals surface area contributed by atoms with Gasteiger partial charge in [0.25, 0.3) is 0 Å². The summed E-state index contributed by atoms with van der Waals surface area (Å²) < 4.78 is 0. The molecule has 1 aliphatic heterocycles. The number of aromatic nitrogens is 1. The number of amides is 1. The summed E-state index contributed by atoms with van der Waals surface area (Å²) in [5.74, 6) is 0.396. The van der Waals surface area contributed by atoms with E-state index < -0.39 is 0 Å². The van der Waals surface area contributed by atoms with E-state index in [4.69, 9.17) is 4.98 Å². The molecule has 0 aromatic carbocycles. The van der Waals surface area contributed by atoms with E-state index in [1.165, 1.54) is 5.57 Å². The van der Waals surface area contributed by atoms with Crippen molar-refractivity contribution < 1.29 is 4.79 Å². The molecule has 4 nitrogen and oxygen atoms in total. The normalized spacial score (nSPS) is 23.8. The van der Waals surface area contributed by atoms with E-state index >= 15 is 0 Å². The van der Waals surface area contributed by atoms with Crippen molar-refractivity contribution in [2.75, 3.05) is 25.0 Å². The minimum atomic E-state index is -0.0903. The van der Waals surface area contributed by atoms with Crippen LogP contribution in [0.3, 0.4) is 0 Å². The quantitative estimate of drug-likeness (QED) is 0.651. The molecule has 0 saturated heterocycles. The summed E-state index contributed by atoms with van der Waals surface area (Å²) in [6.45, 7) is 15.7. The number of allylic oxidation sites excluding steroid dienone is 2. The second-order valence-corrected chi connectivity index (χ2v) is 9.23. The average molecular weight is 394 g/mol. The van der Waals surface area contributed by atoms with E-state index in [-0.39, 0.29) is 17.2 Å². The molecule has 0 bridgehead atoms. The summed E-state index contributed by atoms with van der Waals surface area (Å²) in [5.41, 5.74) is 4.17. The number of rotatable bonds is 6. The van der Waals surface area contributed by atoms with E-state index in [1.54, 1.807) is 0 Å². The summed E-state index contributed by atoms with van der Waals surface area (Å²) >= 11 is 0. The fourth-order valence-corrected chi connectivity index (χ4v) is 4.75. The van der Waals surface area contributed by atoms with Gasteiger partial charge in [-0.25, -0.2) is 0 Å². The highest BCUT2D eigenvalue weighted by Gasteiger charge is 2.42. The summed E-state index contributed by atoms with van der Waals surface area (Å²) in [4.78, 5) is 22.5. The largest absolute Gasteiger partial charge is 0.309 e. The van der Waals surface area contributed by atoms with Crippen LogP contribution in [0.1, 0.15) is 50.9 Å². The van der Waals surface area contributed by atoms with E-state index in [0.29, 0.717) is 6.04 Å². The van der Waals surface area contributed by atoms with E-state index in [2.05, 4.69) is 45.0 Å². The first-order valence-electron chi connectivity index (χ1n) is 10.7. The Morgan fingerprint density at radius 3 is 2.59 bits per heavy atom. The van der Waals surface area contributed by atoms with Crippen LogP contribution in [0, 0.1) is 12.8 Å². The zero-order valence-electron chi connectivity index (χ0n) is 18.4. The van der Waals surface area contributed by atoms with Crippen LogP contribution in [0.4, 0.5) is 5.69 Å². The number of nitrogens with zero attached hydrogens (tertiary/aromatic N) is 3. The summed E-state index contributed by atoms with van der Waals surface area (Å²) in [6.07, 6.45) is 9.74. The second-order valence-electron chi connectivity index (χ2n) is 9.23. The summed E-state index contributed by atoms with van der Waals surface area (Å²) in [7, 11) is 2.17. The van der Waals surface area contributed by atoms with Gasteiger partial charge in [0, 0.05) is 36.2 Å². The van der Waals surface area contributed by atoms with E-state index in [0.717, 1.165) is 55.8 Å². The topological polar surface area (TPSA) is 36.4 Å². The lowest BCUT2D eigenvalue weighted by Crippen LogP contribution is -2.42. The summed E-state index contributed by atoms with van der Waals surface area (Å²) in [5, 5.41) is 0. The fraction of sp³-hybridized carbons (Fsp3) is 0.520. The average Bonchev–Trinajstić information content (AvgIpc) is 2.97. The zero-order chi connectivity index (χ0) is 21.2. The van der Waals surface area contributed by atoms with Gasteiger partial charge >= 0.3 is 0 Å². The molecule has 1 aromatic heterocycles. The Morgan fingerprint density at radius 2 is 1.97 bits per heavy atom. The molecule has 0 spiro atoms. The smallest absolute Gasteiger partial charge is 0.230 e. The monoisotopic (exact) mass is 393 g/mol. The molecule has 0 atom stereocenters. The highest BCUT2D eigenvalue weighted by atomic mass is 16.2. The van der Waals surface area contributed by atoms with Crippen molar-refractivity contribution in [1.29, 1.82) is 0 Å². The van der Waals surface area contributed by atoms with Gasteiger partial charge in [-0.1, -0.05) is 45.2 Å². The minimum Gasteiger partial charge on any atom is -0.309 e. The second kappa shape index (κ2) is 8.66. The highest BCUT2D eigenvalue weighted by molar-refractivity contribution is 5.97. The molecular weight excluding hydrogens is 358 g/mol. The molecule has 0 N–H and O–H groups in total. The fourth-order valence-electron chi connectivity index (χ4n) is 4.75. The number of anilines is 1. The van der Waals surface area contributed by atoms with Gasteiger partial charge in [0.05, 0.1) is 11.4 Å². The van der Waals surface area contributed by atoms with Crippen molar-refractivity contribution in [2.24, 2.45) is 5.92 Å². The standard InChI is InChI=1S/C25H35N3O/c1-7-9-19(8-2)16-27(6)21-13-11-20(12-14-21)24(29)28-17-25(4,5)23-22(28)15-10-18(3)26-23/h7-10,15,20-21H,1-2,11-14,16-17H2,3-6H3/b19-9+. The van der Waals surface area contributed by atoms with E-state index in [9.17, 15) is 4.79 Å². The van der Waals surface area contributed by atoms with Gasteiger partial charge in [0.2, 0.25) is 5.91 Å². The summed E-state index contributed by atoms with van der Waals surface area (Å²) in [6, 6.07) is 4.60. The van der Waals surface area contributed by atoms with Crippen LogP contribution in [-0.4, -0.2) is 42.0 Å². The number of hydrogen-bond acceptors (Lipinski definition) is 3. The van der Waals surface area contributed by atoms with Gasteiger partial charge in [0.15, 0.2) is 0 Å². The lowest BCUT2D eigenvalue weighted by molar-refractivity contribution is -0.123. The van der Waals surface area contributed by atoms with Crippen LogP contribution < -0.4 is 4.90 Å². The highest BCUT2D eigenvalue weighted by Crippen LogP contribution is 2.41. The Morgan fingerprint density at radius 1 is 1.28 bits per heavy atom. The molecule has 156 valence electrons. The number of fused-ring (bicyclic) bond motifs is 1. The van der Waals surface area contributed by atoms with Gasteiger partial charge in [-0.05, 0) is 57.4 Å². The van der Waals surface area contributed by atoms with Crippen molar-refractivity contribution in [3.05, 3.63) is 60.5 Å². The molecule has 3 rings (SSSR count). The van der Waals surface area contributed by atoms with Crippen LogP contribution in [0.25, 0.3) is 0 Å². The van der Waals surface area contributed by atoms with Gasteiger partial charge in [-0.3, -0.25) is 14.7 Å².